The lowest BCUT2D eigenvalue weighted by Gasteiger charge is -2.30. The number of carbonyl (C=O) groups excluding carboxylic acids is 1. The number of hydrogen-bond donors (Lipinski definition) is 1. The average molecular weight is 212 g/mol. The van der Waals surface area contributed by atoms with Gasteiger partial charge in [0.1, 0.15) is 0 Å². The molecule has 4 nitrogen and oxygen atoms in total. The second-order valence-electron chi connectivity index (χ2n) is 4.48. The Kier molecular flexibility index (Phi) is 3.59. The number of amides is 1. The van der Waals surface area contributed by atoms with Crippen LogP contribution in [0, 0.1) is 5.92 Å². The van der Waals surface area contributed by atoms with Gasteiger partial charge in [-0.1, -0.05) is 0 Å². The van der Waals surface area contributed by atoms with Crippen LogP contribution in [0.2, 0.25) is 0 Å². The summed E-state index contributed by atoms with van der Waals surface area (Å²) >= 11 is 0. The van der Waals surface area contributed by atoms with Gasteiger partial charge in [-0.2, -0.15) is 0 Å². The van der Waals surface area contributed by atoms with Crippen LogP contribution >= 0.6 is 0 Å². The van der Waals surface area contributed by atoms with Gasteiger partial charge in [0.2, 0.25) is 5.91 Å². The molecule has 0 spiro atoms. The van der Waals surface area contributed by atoms with Crippen molar-refractivity contribution in [3.63, 3.8) is 0 Å². The summed E-state index contributed by atoms with van der Waals surface area (Å²) in [6.45, 7) is 2.90. The van der Waals surface area contributed by atoms with Gasteiger partial charge in [0.15, 0.2) is 0 Å². The topological polar surface area (TPSA) is 55.6 Å². The predicted octanol–water partition coefficient (Wildman–Crippen LogP) is 0.363. The van der Waals surface area contributed by atoms with Crippen molar-refractivity contribution in [2.45, 2.75) is 31.7 Å². The molecule has 0 aromatic rings. The summed E-state index contributed by atoms with van der Waals surface area (Å²) in [5.74, 6) is 0.355. The lowest BCUT2D eigenvalue weighted by molar-refractivity contribution is -0.140. The van der Waals surface area contributed by atoms with Crippen molar-refractivity contribution in [3.8, 4) is 0 Å². The molecule has 2 rings (SSSR count). The molecular weight excluding hydrogens is 192 g/mol. The van der Waals surface area contributed by atoms with E-state index in [2.05, 4.69) is 0 Å². The molecule has 2 fully saturated rings. The smallest absolute Gasteiger partial charge is 0.228 e. The molecule has 2 aliphatic heterocycles. The van der Waals surface area contributed by atoms with Crippen LogP contribution in [0.4, 0.5) is 0 Å². The zero-order valence-corrected chi connectivity index (χ0v) is 9.15. The Morgan fingerprint density at radius 2 is 2.27 bits per heavy atom. The van der Waals surface area contributed by atoms with E-state index in [0.717, 1.165) is 38.8 Å². The maximum Gasteiger partial charge on any atom is 0.228 e. The third-order valence-electron chi connectivity index (χ3n) is 3.44. The van der Waals surface area contributed by atoms with Crippen molar-refractivity contribution in [2.75, 3.05) is 26.3 Å². The van der Waals surface area contributed by atoms with Gasteiger partial charge >= 0.3 is 0 Å². The molecule has 0 saturated carbocycles. The van der Waals surface area contributed by atoms with Crippen molar-refractivity contribution in [3.05, 3.63) is 0 Å². The van der Waals surface area contributed by atoms with Crippen molar-refractivity contribution < 1.29 is 9.53 Å². The van der Waals surface area contributed by atoms with E-state index in [4.69, 9.17) is 10.5 Å². The van der Waals surface area contributed by atoms with E-state index in [1.807, 2.05) is 4.90 Å². The summed E-state index contributed by atoms with van der Waals surface area (Å²) < 4.78 is 5.35. The summed E-state index contributed by atoms with van der Waals surface area (Å²) in [6, 6.07) is 0.277. The summed E-state index contributed by atoms with van der Waals surface area (Å²) in [5, 5.41) is 0. The van der Waals surface area contributed by atoms with Crippen molar-refractivity contribution in [1.29, 1.82) is 0 Å². The second-order valence-corrected chi connectivity index (χ2v) is 4.48. The molecule has 0 aromatic heterocycles. The van der Waals surface area contributed by atoms with E-state index >= 15 is 0 Å². The molecule has 15 heavy (non-hydrogen) atoms. The molecule has 2 unspecified atom stereocenters. The Bertz CT molecular complexity index is 227. The molecule has 2 N–H and O–H groups in total. The van der Waals surface area contributed by atoms with E-state index in [9.17, 15) is 4.79 Å². The van der Waals surface area contributed by atoms with Gasteiger partial charge in [-0.05, 0) is 25.7 Å². The average Bonchev–Trinajstić information content (AvgIpc) is 2.77. The first kappa shape index (κ1) is 10.9. The summed E-state index contributed by atoms with van der Waals surface area (Å²) in [6.07, 6.45) is 4.15. The lowest BCUT2D eigenvalue weighted by Crippen LogP contribution is -2.44. The van der Waals surface area contributed by atoms with Crippen LogP contribution in [0.25, 0.3) is 0 Å². The number of likely N-dealkylation sites (tertiary alicyclic amines) is 1. The minimum absolute atomic E-state index is 0.0888. The Hall–Kier alpha value is -0.610. The van der Waals surface area contributed by atoms with Crippen LogP contribution in [0.3, 0.4) is 0 Å². The standard InChI is InChI=1S/C11H20N2O2/c12-7-10-4-1-5-13(10)11(14)9-3-2-6-15-8-9/h9-10H,1-8,12H2. The van der Waals surface area contributed by atoms with Gasteiger partial charge in [-0.15, -0.1) is 0 Å². The fourth-order valence-corrected chi connectivity index (χ4v) is 2.54. The van der Waals surface area contributed by atoms with Crippen LogP contribution in [-0.4, -0.2) is 43.2 Å². The van der Waals surface area contributed by atoms with Crippen LogP contribution in [0.1, 0.15) is 25.7 Å². The maximum absolute atomic E-state index is 12.2. The highest BCUT2D eigenvalue weighted by atomic mass is 16.5. The van der Waals surface area contributed by atoms with Crippen LogP contribution in [0.5, 0.6) is 0 Å². The first-order valence-corrected chi connectivity index (χ1v) is 5.91. The molecule has 0 aliphatic carbocycles. The van der Waals surface area contributed by atoms with Crippen LogP contribution in [-0.2, 0) is 9.53 Å². The van der Waals surface area contributed by atoms with Crippen LogP contribution in [0.15, 0.2) is 0 Å². The van der Waals surface area contributed by atoms with E-state index in [0.29, 0.717) is 13.2 Å². The largest absolute Gasteiger partial charge is 0.381 e. The Balaban J connectivity index is 1.93. The lowest BCUT2D eigenvalue weighted by atomic mass is 10.0. The second kappa shape index (κ2) is 4.94. The molecule has 0 aromatic carbocycles. The number of hydrogen-bond acceptors (Lipinski definition) is 3. The molecule has 2 heterocycles. The number of nitrogens with zero attached hydrogens (tertiary/aromatic N) is 1. The summed E-state index contributed by atoms with van der Waals surface area (Å²) in [7, 11) is 0. The summed E-state index contributed by atoms with van der Waals surface area (Å²) in [4.78, 5) is 14.1. The van der Waals surface area contributed by atoms with Gasteiger partial charge in [-0.3, -0.25) is 4.79 Å². The van der Waals surface area contributed by atoms with Crippen LogP contribution < -0.4 is 5.73 Å². The first-order valence-electron chi connectivity index (χ1n) is 5.91. The molecule has 2 atom stereocenters. The van der Waals surface area contributed by atoms with Crippen molar-refractivity contribution in [1.82, 2.24) is 4.90 Å². The third kappa shape index (κ3) is 2.32. The highest BCUT2D eigenvalue weighted by molar-refractivity contribution is 5.79. The molecule has 0 bridgehead atoms. The normalized spacial score (nSPS) is 31.9. The fraction of sp³-hybridized carbons (Fsp3) is 0.909. The molecule has 86 valence electrons. The quantitative estimate of drug-likeness (QED) is 0.719. The SMILES string of the molecule is NCC1CCCN1C(=O)C1CCCOC1. The van der Waals surface area contributed by atoms with Gasteiger partial charge in [0, 0.05) is 25.7 Å². The Morgan fingerprint density at radius 1 is 1.40 bits per heavy atom. The highest BCUT2D eigenvalue weighted by Crippen LogP contribution is 2.22. The number of carbonyl (C=O) groups is 1. The number of rotatable bonds is 2. The molecule has 0 radical (unpaired) electrons. The van der Waals surface area contributed by atoms with E-state index in [1.54, 1.807) is 0 Å². The Morgan fingerprint density at radius 3 is 2.93 bits per heavy atom. The predicted molar refractivity (Wildman–Crippen MR) is 57.3 cm³/mol. The fourth-order valence-electron chi connectivity index (χ4n) is 2.54. The monoisotopic (exact) mass is 212 g/mol. The summed E-state index contributed by atoms with van der Waals surface area (Å²) in [5.41, 5.74) is 5.67. The molecule has 2 aliphatic rings. The first-order chi connectivity index (χ1) is 7.33. The maximum atomic E-state index is 12.2. The molecular formula is C11H20N2O2. The van der Waals surface area contributed by atoms with E-state index in [1.165, 1.54) is 0 Å². The minimum atomic E-state index is 0.0888. The van der Waals surface area contributed by atoms with E-state index in [-0.39, 0.29) is 17.9 Å². The van der Waals surface area contributed by atoms with Gasteiger partial charge in [0.05, 0.1) is 12.5 Å². The number of nitrogens with two attached hydrogens (primary N) is 1. The zero-order valence-electron chi connectivity index (χ0n) is 9.15. The van der Waals surface area contributed by atoms with Gasteiger partial charge < -0.3 is 15.4 Å². The van der Waals surface area contributed by atoms with Gasteiger partial charge in [-0.25, -0.2) is 0 Å². The third-order valence-corrected chi connectivity index (χ3v) is 3.44. The molecule has 4 heteroatoms. The zero-order chi connectivity index (χ0) is 10.7. The molecule has 2 saturated heterocycles. The number of ether oxygens (including phenoxy) is 1. The van der Waals surface area contributed by atoms with Gasteiger partial charge in [0.25, 0.3) is 0 Å². The van der Waals surface area contributed by atoms with Crippen molar-refractivity contribution >= 4 is 5.91 Å². The molecule has 1 amide bonds. The van der Waals surface area contributed by atoms with Crippen molar-refractivity contribution in [2.24, 2.45) is 11.7 Å². The minimum Gasteiger partial charge on any atom is -0.381 e. The highest BCUT2D eigenvalue weighted by Gasteiger charge is 2.33. The Labute approximate surface area is 90.8 Å². The van der Waals surface area contributed by atoms with E-state index < -0.39 is 0 Å².